The fourth-order valence-electron chi connectivity index (χ4n) is 12.3. The molecule has 27 nitrogen and oxygen atoms in total. The molecule has 2 fully saturated rings. The molecule has 0 bridgehead atoms. The number of anilines is 14. The summed E-state index contributed by atoms with van der Waals surface area (Å²) >= 11 is 6.37. The molecule has 0 unspecified atom stereocenters. The average molecular weight is 1560 g/mol. The molecule has 558 valence electrons. The maximum Gasteiger partial charge on any atom is 0.573 e. The van der Waals surface area contributed by atoms with Crippen molar-refractivity contribution in [2.45, 2.75) is 38.1 Å². The zero-order chi connectivity index (χ0) is 75.0. The fourth-order valence-corrected chi connectivity index (χ4v) is 15.4. The molecule has 6 aromatic carbocycles. The number of nitrogens with zero attached hydrogens (tertiary/aromatic N) is 13. The number of hydrogen-bond donors (Lipinski definition) is 12. The molecule has 18 aromatic rings. The third-order valence-corrected chi connectivity index (χ3v) is 21.6. The molecule has 13 heterocycles. The van der Waals surface area contributed by atoms with Crippen LogP contribution < -0.4 is 47.3 Å². The van der Waals surface area contributed by atoms with Gasteiger partial charge in [-0.25, -0.2) is 24.3 Å². The van der Waals surface area contributed by atoms with Crippen LogP contribution in [0.5, 0.6) is 5.75 Å². The molecule has 0 spiro atoms. The van der Waals surface area contributed by atoms with Gasteiger partial charge >= 0.3 is 6.36 Å². The first-order valence-electron chi connectivity index (χ1n) is 35.2. The molecule has 12 aromatic heterocycles. The van der Waals surface area contributed by atoms with Gasteiger partial charge in [-0.1, -0.05) is 0 Å². The number of hydrogen-bond acceptors (Lipinski definition) is 27. The topological polar surface area (TPSA) is 336 Å². The number of rotatable bonds is 20. The van der Waals surface area contributed by atoms with Gasteiger partial charge in [-0.3, -0.25) is 25.3 Å². The second-order valence-electron chi connectivity index (χ2n) is 25.6. The van der Waals surface area contributed by atoms with E-state index in [0.29, 0.717) is 47.2 Å². The van der Waals surface area contributed by atoms with Gasteiger partial charge in [0.05, 0.1) is 101 Å². The third-order valence-electron chi connectivity index (χ3n) is 17.9. The Morgan fingerprint density at radius 1 is 0.432 bits per heavy atom. The SMILES string of the molecule is FC(F)(F)Oc1ccc(Nc2nc(Nc3ccc4[nH]ncc4c3)c3sccc3n2)cc1.Fc1ccc(Nc2nc(Nc3ccc4[nH]ncc4c3)c3sccc3n2)cc1.c1cc2nc(NC3CCC3)nc(Nc3ccc4[nH]ncc4c3)c2s1.c1cc2nc(NCCCN3CCOCC3)nc(Nc3ccc4[nH]ncc4c3)c2s1. The van der Waals surface area contributed by atoms with Gasteiger partial charge in [-0.15, -0.1) is 58.5 Å². The van der Waals surface area contributed by atoms with E-state index in [2.05, 4.69) is 140 Å². The van der Waals surface area contributed by atoms with Crippen LogP contribution in [0.2, 0.25) is 0 Å². The molecule has 1 aliphatic carbocycles. The maximum absolute atomic E-state index is 13.1. The van der Waals surface area contributed by atoms with Crippen molar-refractivity contribution in [1.82, 2.24) is 85.6 Å². The van der Waals surface area contributed by atoms with Crippen molar-refractivity contribution in [3.8, 4) is 5.75 Å². The summed E-state index contributed by atoms with van der Waals surface area (Å²) in [5.41, 5.74) is 12.4. The molecule has 1 aliphatic heterocycles. The summed E-state index contributed by atoms with van der Waals surface area (Å²) in [6.07, 6.45) is 7.16. The Hall–Kier alpha value is -12.8. The quantitative estimate of drug-likeness (QED) is 0.0249. The van der Waals surface area contributed by atoms with Crippen molar-refractivity contribution in [2.24, 2.45) is 0 Å². The van der Waals surface area contributed by atoms with Gasteiger partial charge in [0, 0.05) is 81.3 Å². The first kappa shape index (κ1) is 71.1. The van der Waals surface area contributed by atoms with E-state index in [4.69, 9.17) is 14.7 Å². The molecule has 2 aliphatic rings. The van der Waals surface area contributed by atoms with Crippen LogP contribution >= 0.6 is 45.3 Å². The minimum absolute atomic E-state index is 0.285. The average Bonchev–Trinajstić information content (AvgIpc) is 1.72. The Kier molecular flexibility index (Phi) is 20.6. The number of H-pyrrole nitrogens is 4. The first-order chi connectivity index (χ1) is 54.4. The van der Waals surface area contributed by atoms with Crippen LogP contribution in [0.4, 0.5) is 98.8 Å². The number of aromatic amines is 4. The minimum atomic E-state index is -4.73. The molecule has 0 radical (unpaired) electrons. The number of halogens is 4. The van der Waals surface area contributed by atoms with E-state index in [0.717, 1.165) is 170 Å². The second kappa shape index (κ2) is 32.2. The lowest BCUT2D eigenvalue weighted by Gasteiger charge is -2.26. The lowest BCUT2D eigenvalue weighted by atomic mass is 9.93. The largest absolute Gasteiger partial charge is 0.573 e. The number of morpholine rings is 1. The molecular weight excluding hydrogens is 1500 g/mol. The smallest absolute Gasteiger partial charge is 0.406 e. The summed E-state index contributed by atoms with van der Waals surface area (Å²) in [5, 5.41) is 66.6. The number of ether oxygens (including phenoxy) is 2. The van der Waals surface area contributed by atoms with Gasteiger partial charge in [-0.05, 0) is 199 Å². The maximum atomic E-state index is 13.1. The minimum Gasteiger partial charge on any atom is -0.406 e. The van der Waals surface area contributed by atoms with E-state index in [1.807, 2.05) is 113 Å². The zero-order valence-electron chi connectivity index (χ0n) is 58.4. The summed E-state index contributed by atoms with van der Waals surface area (Å²) in [5.74, 6) is 4.52. The summed E-state index contributed by atoms with van der Waals surface area (Å²) in [7, 11) is 0. The number of aromatic nitrogens is 16. The molecule has 0 amide bonds. The van der Waals surface area contributed by atoms with E-state index in [-0.39, 0.29) is 11.6 Å². The molecule has 1 saturated heterocycles. The van der Waals surface area contributed by atoms with E-state index < -0.39 is 6.36 Å². The molecular formula is C76H65F4N25O2S4. The molecule has 0 atom stereocenters. The number of benzene rings is 6. The standard InChI is InChI=1S/C20H13F3N6OS.C20H23N7OS.C19H13FN6S.C17H16N6S/c21-20(22,23)30-14-4-1-12(2-5-14)26-19-27-16-7-8-31-17(16)18(28-19)25-13-3-6-15-11(9-13)10-24-29-15;1(6-27-7-9-28-10-8-27)5-21-20-24-17-4-11-29-18(17)19(25-20)23-15-2-3-16-14(12-15)13-22-26-16;20-12-1-3-13(4-2-12)23-19-24-16-7-8-27-17(16)18(25-19)22-14-5-6-15-11(9-14)10-21-26-15;1-2-11(3-1)20-17-21-14-6-7-24-15(14)16(22-17)19-12-4-5-13-10(8-12)9-18-23-13/h1-10H,(H,24,29)(H2,25,26,27,28);2-4,11-13H,1,5-10H2,(H,22,26)(H2,21,23,24,25);1-10H,(H,21,26)(H2,22,23,24,25);4-9,11H,1-3H2,(H,18,23)(H2,19,20,21,22). The van der Waals surface area contributed by atoms with Gasteiger partial charge in [-0.2, -0.15) is 40.3 Å². The van der Waals surface area contributed by atoms with Gasteiger partial charge in [0.15, 0.2) is 23.3 Å². The van der Waals surface area contributed by atoms with Crippen LogP contribution in [-0.4, -0.2) is 137 Å². The van der Waals surface area contributed by atoms with Crippen LogP contribution in [0.3, 0.4) is 0 Å². The summed E-state index contributed by atoms with van der Waals surface area (Å²) in [4.78, 5) is 39.4. The monoisotopic (exact) mass is 1560 g/mol. The van der Waals surface area contributed by atoms with Gasteiger partial charge in [0.25, 0.3) is 0 Å². The Labute approximate surface area is 643 Å². The lowest BCUT2D eigenvalue weighted by molar-refractivity contribution is -0.274. The van der Waals surface area contributed by atoms with E-state index in [1.54, 1.807) is 58.5 Å². The number of fused-ring (bicyclic) bond motifs is 8. The van der Waals surface area contributed by atoms with Crippen molar-refractivity contribution < 1.29 is 27.0 Å². The summed E-state index contributed by atoms with van der Waals surface area (Å²) < 4.78 is 63.4. The van der Waals surface area contributed by atoms with Crippen molar-refractivity contribution >= 4 is 211 Å². The van der Waals surface area contributed by atoms with Crippen LogP contribution in [-0.2, 0) is 4.74 Å². The Morgan fingerprint density at radius 3 is 1.20 bits per heavy atom. The molecule has 111 heavy (non-hydrogen) atoms. The van der Waals surface area contributed by atoms with Crippen molar-refractivity contribution in [1.29, 1.82) is 0 Å². The predicted molar refractivity (Wildman–Crippen MR) is 435 cm³/mol. The van der Waals surface area contributed by atoms with E-state index in [1.165, 1.54) is 67.0 Å². The highest BCUT2D eigenvalue weighted by atomic mass is 32.1. The Balaban J connectivity index is 0.000000108. The Bertz CT molecular complexity index is 6230. The fraction of sp³-hybridized carbons (Fsp3) is 0.158. The van der Waals surface area contributed by atoms with Gasteiger partial charge in [0.1, 0.15) is 11.6 Å². The Morgan fingerprint density at radius 2 is 0.802 bits per heavy atom. The summed E-state index contributed by atoms with van der Waals surface area (Å²) in [6, 6.07) is 43.8. The summed E-state index contributed by atoms with van der Waals surface area (Å²) in [6.45, 7) is 5.62. The molecule has 35 heteroatoms. The van der Waals surface area contributed by atoms with Gasteiger partial charge in [0.2, 0.25) is 23.8 Å². The van der Waals surface area contributed by atoms with E-state index in [9.17, 15) is 17.6 Å². The number of nitrogens with one attached hydrogen (secondary N) is 12. The lowest BCUT2D eigenvalue weighted by Crippen LogP contribution is -2.37. The highest BCUT2D eigenvalue weighted by Gasteiger charge is 2.31. The van der Waals surface area contributed by atoms with Crippen molar-refractivity contribution in [3.05, 3.63) is 198 Å². The van der Waals surface area contributed by atoms with Crippen molar-refractivity contribution in [2.75, 3.05) is 81.9 Å². The van der Waals surface area contributed by atoms with Crippen LogP contribution in [0.25, 0.3) is 84.5 Å². The molecule has 12 N–H and O–H groups in total. The first-order valence-corrected chi connectivity index (χ1v) is 38.7. The number of alkyl halides is 3. The van der Waals surface area contributed by atoms with E-state index >= 15 is 0 Å². The van der Waals surface area contributed by atoms with Crippen LogP contribution in [0, 0.1) is 5.82 Å². The van der Waals surface area contributed by atoms with Crippen LogP contribution in [0.1, 0.15) is 25.7 Å². The zero-order valence-corrected chi connectivity index (χ0v) is 61.7. The highest BCUT2D eigenvalue weighted by Crippen LogP contribution is 2.37. The second-order valence-corrected chi connectivity index (χ2v) is 29.3. The third kappa shape index (κ3) is 17.4. The highest BCUT2D eigenvalue weighted by molar-refractivity contribution is 7.18. The van der Waals surface area contributed by atoms with Gasteiger partial charge < -0.3 is 52.0 Å². The van der Waals surface area contributed by atoms with Crippen molar-refractivity contribution in [3.63, 3.8) is 0 Å². The van der Waals surface area contributed by atoms with Crippen LogP contribution in [0.15, 0.2) is 192 Å². The predicted octanol–water partition coefficient (Wildman–Crippen LogP) is 18.9. The molecule has 1 saturated carbocycles. The molecule has 20 rings (SSSR count). The normalized spacial score (nSPS) is 13.2. The number of thiophene rings is 4.